The SMILES string of the molecule is Cc1cc(NC2CCC(NC(=O)c3cccnc3Oc3ccc(F)c(F)c3)CC2)nc2ccccc12.Cl. The largest absolute Gasteiger partial charge is 0.438 e. The number of pyridine rings is 2. The predicted molar refractivity (Wildman–Crippen MR) is 142 cm³/mol. The van der Waals surface area contributed by atoms with Crippen LogP contribution in [0.5, 0.6) is 11.6 Å². The first-order chi connectivity index (χ1) is 17.5. The molecule has 5 rings (SSSR count). The third kappa shape index (κ3) is 6.14. The average Bonchev–Trinajstić information content (AvgIpc) is 2.88. The summed E-state index contributed by atoms with van der Waals surface area (Å²) < 4.78 is 32.3. The number of carbonyl (C=O) groups excluding carboxylic acids is 1. The first-order valence-corrected chi connectivity index (χ1v) is 12.0. The van der Waals surface area contributed by atoms with E-state index in [0.717, 1.165) is 54.5 Å². The highest BCUT2D eigenvalue weighted by atomic mass is 35.5. The number of carbonyl (C=O) groups is 1. The number of hydrogen-bond donors (Lipinski definition) is 2. The van der Waals surface area contributed by atoms with Crippen molar-refractivity contribution in [2.24, 2.45) is 0 Å². The number of ether oxygens (including phenoxy) is 1. The Morgan fingerprint density at radius 1 is 0.946 bits per heavy atom. The molecule has 1 aliphatic carbocycles. The van der Waals surface area contributed by atoms with Crippen molar-refractivity contribution in [3.63, 3.8) is 0 Å². The zero-order valence-electron chi connectivity index (χ0n) is 20.2. The molecule has 6 nitrogen and oxygen atoms in total. The topological polar surface area (TPSA) is 76.1 Å². The molecule has 2 N–H and O–H groups in total. The number of halogens is 3. The van der Waals surface area contributed by atoms with Crippen molar-refractivity contribution in [2.75, 3.05) is 5.32 Å². The van der Waals surface area contributed by atoms with E-state index >= 15 is 0 Å². The van der Waals surface area contributed by atoms with Gasteiger partial charge in [0.25, 0.3) is 5.91 Å². The Hall–Kier alpha value is -3.78. The van der Waals surface area contributed by atoms with Crippen LogP contribution in [0.25, 0.3) is 10.9 Å². The second-order valence-electron chi connectivity index (χ2n) is 9.04. The van der Waals surface area contributed by atoms with Crippen LogP contribution in [-0.4, -0.2) is 28.0 Å². The van der Waals surface area contributed by atoms with Crippen LogP contribution < -0.4 is 15.4 Å². The maximum atomic E-state index is 13.5. The fraction of sp³-hybridized carbons (Fsp3) is 0.250. The molecular formula is C28H27ClF2N4O2. The maximum absolute atomic E-state index is 13.5. The summed E-state index contributed by atoms with van der Waals surface area (Å²) in [7, 11) is 0. The number of nitrogens with zero attached hydrogens (tertiary/aromatic N) is 2. The van der Waals surface area contributed by atoms with Gasteiger partial charge in [-0.15, -0.1) is 12.4 Å². The Balaban J connectivity index is 0.00000320. The second kappa shape index (κ2) is 11.5. The van der Waals surface area contributed by atoms with Crippen LogP contribution in [-0.2, 0) is 0 Å². The lowest BCUT2D eigenvalue weighted by molar-refractivity contribution is 0.0923. The summed E-state index contributed by atoms with van der Waals surface area (Å²) >= 11 is 0. The van der Waals surface area contributed by atoms with Crippen molar-refractivity contribution in [2.45, 2.75) is 44.7 Å². The predicted octanol–water partition coefficient (Wildman–Crippen LogP) is 6.58. The highest BCUT2D eigenvalue weighted by molar-refractivity contribution is 5.96. The Kier molecular flexibility index (Phi) is 8.18. The number of para-hydroxylation sites is 1. The van der Waals surface area contributed by atoms with Crippen molar-refractivity contribution < 1.29 is 18.3 Å². The smallest absolute Gasteiger partial charge is 0.257 e. The Bertz CT molecular complexity index is 1410. The minimum atomic E-state index is -1.03. The summed E-state index contributed by atoms with van der Waals surface area (Å²) in [5.74, 6) is -1.36. The van der Waals surface area contributed by atoms with Crippen molar-refractivity contribution in [1.29, 1.82) is 0 Å². The average molecular weight is 525 g/mol. The van der Waals surface area contributed by atoms with E-state index in [1.807, 2.05) is 18.2 Å². The minimum absolute atomic E-state index is 0. The van der Waals surface area contributed by atoms with E-state index in [0.29, 0.717) is 0 Å². The van der Waals surface area contributed by atoms with Crippen molar-refractivity contribution in [3.8, 4) is 11.6 Å². The van der Waals surface area contributed by atoms with Gasteiger partial charge in [0.1, 0.15) is 17.1 Å². The summed E-state index contributed by atoms with van der Waals surface area (Å²) in [6, 6.07) is 16.9. The Morgan fingerprint density at radius 3 is 2.49 bits per heavy atom. The molecule has 9 heteroatoms. The fourth-order valence-electron chi connectivity index (χ4n) is 4.57. The number of fused-ring (bicyclic) bond motifs is 1. The zero-order valence-corrected chi connectivity index (χ0v) is 21.0. The summed E-state index contributed by atoms with van der Waals surface area (Å²) in [6.07, 6.45) is 4.89. The molecule has 0 atom stereocenters. The summed E-state index contributed by atoms with van der Waals surface area (Å²) in [4.78, 5) is 21.8. The lowest BCUT2D eigenvalue weighted by Gasteiger charge is -2.30. The molecule has 37 heavy (non-hydrogen) atoms. The number of nitrogens with one attached hydrogen (secondary N) is 2. The first-order valence-electron chi connectivity index (χ1n) is 12.0. The molecule has 2 aromatic heterocycles. The van der Waals surface area contributed by atoms with E-state index in [9.17, 15) is 13.6 Å². The summed E-state index contributed by atoms with van der Waals surface area (Å²) in [5, 5.41) is 7.77. The maximum Gasteiger partial charge on any atom is 0.257 e. The van der Waals surface area contributed by atoms with E-state index in [1.54, 1.807) is 12.1 Å². The molecular weight excluding hydrogens is 498 g/mol. The van der Waals surface area contributed by atoms with E-state index in [4.69, 9.17) is 9.72 Å². The molecule has 1 saturated carbocycles. The molecule has 0 bridgehead atoms. The number of hydrogen-bond acceptors (Lipinski definition) is 5. The number of rotatable bonds is 6. The molecule has 1 aliphatic rings. The summed E-state index contributed by atoms with van der Waals surface area (Å²) in [5.41, 5.74) is 2.39. The van der Waals surface area contributed by atoms with Crippen LogP contribution in [0.4, 0.5) is 14.6 Å². The van der Waals surface area contributed by atoms with Gasteiger partial charge >= 0.3 is 0 Å². The van der Waals surface area contributed by atoms with Gasteiger partial charge in [0.15, 0.2) is 11.6 Å². The van der Waals surface area contributed by atoms with Gasteiger partial charge in [-0.2, -0.15) is 0 Å². The normalized spacial score (nSPS) is 17.1. The number of benzene rings is 2. The highest BCUT2D eigenvalue weighted by Gasteiger charge is 2.25. The summed E-state index contributed by atoms with van der Waals surface area (Å²) in [6.45, 7) is 2.09. The number of aromatic nitrogens is 2. The van der Waals surface area contributed by atoms with Gasteiger partial charge in [-0.05, 0) is 74.6 Å². The fourth-order valence-corrected chi connectivity index (χ4v) is 4.57. The van der Waals surface area contributed by atoms with E-state index in [-0.39, 0.29) is 47.6 Å². The van der Waals surface area contributed by atoms with Gasteiger partial charge in [0, 0.05) is 29.7 Å². The van der Waals surface area contributed by atoms with Gasteiger partial charge < -0.3 is 15.4 Å². The minimum Gasteiger partial charge on any atom is -0.438 e. The van der Waals surface area contributed by atoms with Gasteiger partial charge in [-0.1, -0.05) is 18.2 Å². The molecule has 1 amide bonds. The van der Waals surface area contributed by atoms with Crippen LogP contribution in [0.2, 0.25) is 0 Å². The highest BCUT2D eigenvalue weighted by Crippen LogP contribution is 2.27. The molecule has 0 spiro atoms. The van der Waals surface area contributed by atoms with E-state index in [1.165, 1.54) is 17.8 Å². The van der Waals surface area contributed by atoms with Crippen molar-refractivity contribution >= 4 is 35.0 Å². The van der Waals surface area contributed by atoms with Gasteiger partial charge in [0.05, 0.1) is 5.52 Å². The third-order valence-electron chi connectivity index (χ3n) is 6.46. The van der Waals surface area contributed by atoms with Crippen molar-refractivity contribution in [3.05, 3.63) is 89.6 Å². The monoisotopic (exact) mass is 524 g/mol. The third-order valence-corrected chi connectivity index (χ3v) is 6.46. The van der Waals surface area contributed by atoms with Crippen molar-refractivity contribution in [1.82, 2.24) is 15.3 Å². The molecule has 0 unspecified atom stereocenters. The van der Waals surface area contributed by atoms with Crippen LogP contribution in [0, 0.1) is 18.6 Å². The molecule has 0 radical (unpaired) electrons. The van der Waals surface area contributed by atoms with Crippen LogP contribution in [0.15, 0.2) is 66.9 Å². The van der Waals surface area contributed by atoms with Gasteiger partial charge in [0.2, 0.25) is 5.88 Å². The molecule has 2 heterocycles. The molecule has 0 saturated heterocycles. The Labute approximate surface area is 219 Å². The molecule has 192 valence electrons. The molecule has 4 aromatic rings. The number of amides is 1. The van der Waals surface area contributed by atoms with Gasteiger partial charge in [-0.25, -0.2) is 18.7 Å². The van der Waals surface area contributed by atoms with Crippen LogP contribution in [0.1, 0.15) is 41.6 Å². The molecule has 1 fully saturated rings. The van der Waals surface area contributed by atoms with Gasteiger partial charge in [-0.3, -0.25) is 4.79 Å². The second-order valence-corrected chi connectivity index (χ2v) is 9.04. The van der Waals surface area contributed by atoms with E-state index in [2.05, 4.69) is 34.7 Å². The quantitative estimate of drug-likeness (QED) is 0.298. The number of aryl methyl sites for hydroxylation is 1. The van der Waals surface area contributed by atoms with Crippen LogP contribution in [0.3, 0.4) is 0 Å². The number of anilines is 1. The standard InChI is InChI=1S/C28H26F2N4O2.ClH/c1-17-15-26(34-25-7-3-2-5-21(17)25)32-18-8-10-19(11-9-18)33-27(35)22-6-4-14-31-28(22)36-20-12-13-23(29)24(30)16-20;/h2-7,12-16,18-19H,8-11H2,1H3,(H,32,34)(H,33,35);1H. The first kappa shape index (κ1) is 26.3. The lowest BCUT2D eigenvalue weighted by atomic mass is 9.91. The molecule has 0 aliphatic heterocycles. The zero-order chi connectivity index (χ0) is 25.1. The lowest BCUT2D eigenvalue weighted by Crippen LogP contribution is -2.40. The Morgan fingerprint density at radius 2 is 1.70 bits per heavy atom. The molecule has 2 aromatic carbocycles. The van der Waals surface area contributed by atoms with Crippen LogP contribution >= 0.6 is 12.4 Å². The van der Waals surface area contributed by atoms with E-state index < -0.39 is 11.6 Å².